The van der Waals surface area contributed by atoms with Gasteiger partial charge in [-0.05, 0) is 42.5 Å². The third kappa shape index (κ3) is 4.24. The van der Waals surface area contributed by atoms with E-state index < -0.39 is 17.0 Å². The fourth-order valence-electron chi connectivity index (χ4n) is 3.24. The van der Waals surface area contributed by atoms with Crippen molar-refractivity contribution in [3.63, 3.8) is 0 Å². The molecule has 0 bridgehead atoms. The van der Waals surface area contributed by atoms with Gasteiger partial charge in [0.2, 0.25) is 5.91 Å². The van der Waals surface area contributed by atoms with E-state index in [1.807, 2.05) is 32.1 Å². The fourth-order valence-corrected chi connectivity index (χ4v) is 3.24. The Hall–Kier alpha value is -2.56. The zero-order valence-corrected chi connectivity index (χ0v) is 15.9. The number of nitrogens with zero attached hydrogens (tertiary/aromatic N) is 1. The first kappa shape index (κ1) is 19.2. The lowest BCUT2D eigenvalue weighted by Gasteiger charge is -2.32. The molecule has 0 aromatic heterocycles. The van der Waals surface area contributed by atoms with Crippen molar-refractivity contribution in [1.82, 2.24) is 5.32 Å². The van der Waals surface area contributed by atoms with Gasteiger partial charge in [-0.1, -0.05) is 45.1 Å². The van der Waals surface area contributed by atoms with Gasteiger partial charge in [0.05, 0.1) is 0 Å². The van der Waals surface area contributed by atoms with Gasteiger partial charge in [-0.25, -0.2) is 13.8 Å². The number of amides is 1. The van der Waals surface area contributed by atoms with Crippen LogP contribution in [0, 0.1) is 22.5 Å². The van der Waals surface area contributed by atoms with Crippen molar-refractivity contribution in [2.24, 2.45) is 15.8 Å². The monoisotopic (exact) mass is 370 g/mol. The molecule has 1 unspecified atom stereocenters. The molecule has 0 saturated heterocycles. The average molecular weight is 370 g/mol. The molecule has 1 N–H and O–H groups in total. The highest BCUT2D eigenvalue weighted by molar-refractivity contribution is 5.87. The molecule has 1 aromatic rings. The van der Waals surface area contributed by atoms with Crippen LogP contribution < -0.4 is 5.32 Å². The zero-order chi connectivity index (χ0) is 19.7. The lowest BCUT2D eigenvalue weighted by molar-refractivity contribution is -0.128. The van der Waals surface area contributed by atoms with Crippen LogP contribution in [-0.2, 0) is 11.2 Å². The van der Waals surface area contributed by atoms with Crippen LogP contribution in [0.4, 0.5) is 8.78 Å². The van der Waals surface area contributed by atoms with Gasteiger partial charge in [0, 0.05) is 23.1 Å². The molecule has 3 rings (SSSR count). The molecule has 1 heterocycles. The number of carbonyl (C=O) groups excluding carboxylic acids is 1. The van der Waals surface area contributed by atoms with E-state index in [-0.39, 0.29) is 11.3 Å². The van der Waals surface area contributed by atoms with E-state index in [4.69, 9.17) is 0 Å². The highest BCUT2D eigenvalue weighted by Crippen LogP contribution is 2.38. The minimum absolute atomic E-state index is 0.166. The normalized spacial score (nSPS) is 21.4. The van der Waals surface area contributed by atoms with Crippen LogP contribution >= 0.6 is 0 Å². The van der Waals surface area contributed by atoms with E-state index in [9.17, 15) is 13.6 Å². The summed E-state index contributed by atoms with van der Waals surface area (Å²) in [6.45, 7) is 5.74. The largest absolute Gasteiger partial charge is 0.310 e. The number of hydrogen-bond donors (Lipinski definition) is 1. The maximum Gasteiger partial charge on any atom is 0.231 e. The standard InChI is InChI=1S/C22H24F2N2O/c1-21(2,11-9-15-7-8-17(23)12-18(15)24)20(27)26-19-13-22(3)10-5-4-6-16(22)14-25-19/h4-8,12-14H,9-11H2,1-3H3,(H,26,27). The molecular formula is C22H24F2N2O. The maximum atomic E-state index is 13.8. The van der Waals surface area contributed by atoms with Crippen molar-refractivity contribution < 1.29 is 13.6 Å². The highest BCUT2D eigenvalue weighted by atomic mass is 19.1. The summed E-state index contributed by atoms with van der Waals surface area (Å²) in [4.78, 5) is 17.1. The second kappa shape index (κ2) is 7.22. The van der Waals surface area contributed by atoms with E-state index >= 15 is 0 Å². The van der Waals surface area contributed by atoms with Gasteiger partial charge in [-0.15, -0.1) is 0 Å². The Morgan fingerprint density at radius 1 is 1.33 bits per heavy atom. The lowest BCUT2D eigenvalue weighted by atomic mass is 9.75. The third-order valence-electron chi connectivity index (χ3n) is 5.30. The Labute approximate surface area is 158 Å². The number of aryl methyl sites for hydroxylation is 1. The number of aliphatic imine (C=N–C) groups is 1. The van der Waals surface area contributed by atoms with Crippen molar-refractivity contribution in [2.45, 2.75) is 40.0 Å². The molecule has 0 saturated carbocycles. The summed E-state index contributed by atoms with van der Waals surface area (Å²) in [5.74, 6) is -0.815. The summed E-state index contributed by atoms with van der Waals surface area (Å²) in [6.07, 6.45) is 11.6. The third-order valence-corrected chi connectivity index (χ3v) is 5.30. The Balaban J connectivity index is 1.65. The minimum atomic E-state index is -0.722. The predicted molar refractivity (Wildman–Crippen MR) is 103 cm³/mol. The molecule has 1 amide bonds. The van der Waals surface area contributed by atoms with Crippen LogP contribution in [0.25, 0.3) is 0 Å². The summed E-state index contributed by atoms with van der Waals surface area (Å²) in [6, 6.07) is 3.53. The molecule has 5 heteroatoms. The maximum absolute atomic E-state index is 13.8. The molecule has 0 radical (unpaired) electrons. The molecule has 3 nitrogen and oxygen atoms in total. The molecule has 1 atom stereocenters. The van der Waals surface area contributed by atoms with E-state index in [1.165, 1.54) is 12.1 Å². The molecule has 142 valence electrons. The molecular weight excluding hydrogens is 346 g/mol. The van der Waals surface area contributed by atoms with Crippen molar-refractivity contribution in [1.29, 1.82) is 0 Å². The van der Waals surface area contributed by atoms with Crippen molar-refractivity contribution >= 4 is 12.1 Å². The Kier molecular flexibility index (Phi) is 5.13. The van der Waals surface area contributed by atoms with E-state index in [1.54, 1.807) is 6.21 Å². The van der Waals surface area contributed by atoms with Gasteiger partial charge in [0.1, 0.15) is 17.5 Å². The first-order valence-electron chi connectivity index (χ1n) is 9.09. The Bertz CT molecular complexity index is 880. The molecule has 0 fully saturated rings. The van der Waals surface area contributed by atoms with E-state index in [2.05, 4.69) is 23.3 Å². The predicted octanol–water partition coefficient (Wildman–Crippen LogP) is 4.86. The summed E-state index contributed by atoms with van der Waals surface area (Å²) in [7, 11) is 0. The number of hydrogen-bond acceptors (Lipinski definition) is 2. The van der Waals surface area contributed by atoms with E-state index in [0.29, 0.717) is 24.2 Å². The van der Waals surface area contributed by atoms with Gasteiger partial charge >= 0.3 is 0 Å². The first-order chi connectivity index (χ1) is 12.7. The minimum Gasteiger partial charge on any atom is -0.310 e. The highest BCUT2D eigenvalue weighted by Gasteiger charge is 2.32. The fraction of sp³-hybridized carbons (Fsp3) is 0.364. The number of nitrogens with one attached hydrogen (secondary N) is 1. The number of benzene rings is 1. The number of rotatable bonds is 5. The second-order valence-corrected chi connectivity index (χ2v) is 8.03. The van der Waals surface area contributed by atoms with Gasteiger partial charge in [-0.2, -0.15) is 0 Å². The van der Waals surface area contributed by atoms with Gasteiger partial charge in [-0.3, -0.25) is 4.79 Å². The van der Waals surface area contributed by atoms with Crippen LogP contribution in [0.5, 0.6) is 0 Å². The van der Waals surface area contributed by atoms with Gasteiger partial charge in [0.25, 0.3) is 0 Å². The van der Waals surface area contributed by atoms with Crippen molar-refractivity contribution in [3.8, 4) is 0 Å². The number of carbonyl (C=O) groups is 1. The molecule has 1 aliphatic carbocycles. The lowest BCUT2D eigenvalue weighted by Crippen LogP contribution is -2.38. The van der Waals surface area contributed by atoms with Crippen LogP contribution in [0.1, 0.15) is 39.2 Å². The Morgan fingerprint density at radius 2 is 2.11 bits per heavy atom. The van der Waals surface area contributed by atoms with Crippen LogP contribution in [0.2, 0.25) is 0 Å². The summed E-state index contributed by atoms with van der Waals surface area (Å²) >= 11 is 0. The van der Waals surface area contributed by atoms with Crippen LogP contribution in [-0.4, -0.2) is 12.1 Å². The quantitative estimate of drug-likeness (QED) is 0.790. The van der Waals surface area contributed by atoms with Gasteiger partial charge in [0.15, 0.2) is 0 Å². The molecule has 1 aliphatic heterocycles. The second-order valence-electron chi connectivity index (χ2n) is 8.03. The molecule has 1 aromatic carbocycles. The number of halogens is 2. The summed E-state index contributed by atoms with van der Waals surface area (Å²) in [5, 5.41) is 2.90. The number of allylic oxidation sites excluding steroid dienone is 5. The molecule has 0 spiro atoms. The summed E-state index contributed by atoms with van der Waals surface area (Å²) in [5.41, 5.74) is 0.638. The topological polar surface area (TPSA) is 41.5 Å². The van der Waals surface area contributed by atoms with Crippen LogP contribution in [0.3, 0.4) is 0 Å². The SMILES string of the molecule is CC(C)(CCc1ccc(F)cc1F)C(=O)NC1=CC2(C)CC=CC=C2C=N1. The number of fused-ring (bicyclic) bond motifs is 1. The van der Waals surface area contributed by atoms with Gasteiger partial charge < -0.3 is 5.32 Å². The van der Waals surface area contributed by atoms with Crippen molar-refractivity contribution in [3.05, 3.63) is 71.1 Å². The van der Waals surface area contributed by atoms with Crippen molar-refractivity contribution in [2.75, 3.05) is 0 Å². The van der Waals surface area contributed by atoms with E-state index in [0.717, 1.165) is 18.1 Å². The molecule has 2 aliphatic rings. The van der Waals surface area contributed by atoms with Crippen LogP contribution in [0.15, 0.2) is 58.9 Å². The average Bonchev–Trinajstić information content (AvgIpc) is 2.60. The zero-order valence-electron chi connectivity index (χ0n) is 15.9. The molecule has 27 heavy (non-hydrogen) atoms. The summed E-state index contributed by atoms with van der Waals surface area (Å²) < 4.78 is 26.8. The smallest absolute Gasteiger partial charge is 0.231 e. The Morgan fingerprint density at radius 3 is 2.85 bits per heavy atom. The first-order valence-corrected chi connectivity index (χ1v) is 9.09.